The number of benzene rings is 1. The average molecular weight is 393 g/mol. The fraction of sp³-hybridized carbons (Fsp3) is 0.421. The summed E-state index contributed by atoms with van der Waals surface area (Å²) in [6, 6.07) is 6.33. The molecule has 138 valence electrons. The van der Waals surface area contributed by atoms with Gasteiger partial charge in [-0.05, 0) is 48.3 Å². The molecule has 0 spiro atoms. The molecule has 7 heteroatoms. The number of aromatic nitrogens is 1. The number of thioether (sulfide) groups is 1. The van der Waals surface area contributed by atoms with Gasteiger partial charge in [-0.3, -0.25) is 9.59 Å². The Balaban J connectivity index is 1.47. The lowest BCUT2D eigenvalue weighted by Crippen LogP contribution is -2.26. The number of hydrogen-bond donors (Lipinski definition) is 1. The lowest BCUT2D eigenvalue weighted by atomic mass is 9.78. The minimum Gasteiger partial charge on any atom is -0.302 e. The number of fused-ring (bicyclic) bond motifs is 1. The second kappa shape index (κ2) is 7.88. The molecular formula is C19H21FN2O2S2. The van der Waals surface area contributed by atoms with Crippen LogP contribution in [0, 0.1) is 11.2 Å². The third-order valence-corrected chi connectivity index (χ3v) is 6.27. The Kier molecular flexibility index (Phi) is 5.77. The van der Waals surface area contributed by atoms with Gasteiger partial charge in [-0.2, -0.15) is 0 Å². The number of thiazole rings is 1. The van der Waals surface area contributed by atoms with E-state index < -0.39 is 0 Å². The Hall–Kier alpha value is -1.73. The molecule has 0 bridgehead atoms. The summed E-state index contributed by atoms with van der Waals surface area (Å²) < 4.78 is 12.9. The molecule has 26 heavy (non-hydrogen) atoms. The molecular weight excluding hydrogens is 371 g/mol. The first-order valence-corrected chi connectivity index (χ1v) is 10.3. The highest BCUT2D eigenvalue weighted by Gasteiger charge is 2.34. The van der Waals surface area contributed by atoms with Gasteiger partial charge < -0.3 is 5.32 Å². The van der Waals surface area contributed by atoms with E-state index in [0.29, 0.717) is 29.3 Å². The fourth-order valence-corrected chi connectivity index (χ4v) is 4.70. The van der Waals surface area contributed by atoms with Crippen molar-refractivity contribution < 1.29 is 14.0 Å². The number of rotatable bonds is 6. The van der Waals surface area contributed by atoms with Gasteiger partial charge in [0.25, 0.3) is 0 Å². The summed E-state index contributed by atoms with van der Waals surface area (Å²) in [5, 5.41) is 3.32. The zero-order chi connectivity index (χ0) is 18.7. The summed E-state index contributed by atoms with van der Waals surface area (Å²) in [7, 11) is 0. The van der Waals surface area contributed by atoms with Crippen LogP contribution in [0.1, 0.15) is 48.5 Å². The molecule has 0 radical (unpaired) electrons. The molecule has 0 saturated carbocycles. The molecule has 0 unspecified atom stereocenters. The molecule has 0 atom stereocenters. The number of carbonyl (C=O) groups excluding carboxylic acids is 2. The Morgan fingerprint density at radius 3 is 2.77 bits per heavy atom. The quantitative estimate of drug-likeness (QED) is 0.558. The van der Waals surface area contributed by atoms with Crippen molar-refractivity contribution in [1.82, 2.24) is 4.98 Å². The average Bonchev–Trinajstić information content (AvgIpc) is 2.94. The van der Waals surface area contributed by atoms with Crippen molar-refractivity contribution in [2.45, 2.75) is 44.4 Å². The topological polar surface area (TPSA) is 59.1 Å². The number of halogens is 1. The van der Waals surface area contributed by atoms with Gasteiger partial charge in [0, 0.05) is 17.7 Å². The second-order valence-electron chi connectivity index (χ2n) is 7.19. The lowest BCUT2D eigenvalue weighted by Gasteiger charge is -2.26. The Labute approximate surface area is 160 Å². The van der Waals surface area contributed by atoms with E-state index in [1.807, 2.05) is 0 Å². The highest BCUT2D eigenvalue weighted by Crippen LogP contribution is 2.38. The maximum absolute atomic E-state index is 12.9. The summed E-state index contributed by atoms with van der Waals surface area (Å²) >= 11 is 2.87. The predicted octanol–water partition coefficient (Wildman–Crippen LogP) is 4.95. The summed E-state index contributed by atoms with van der Waals surface area (Å²) in [4.78, 5) is 30.4. The van der Waals surface area contributed by atoms with Crippen molar-refractivity contribution in [3.05, 3.63) is 40.7 Å². The molecule has 1 amide bonds. The van der Waals surface area contributed by atoms with E-state index in [-0.39, 0.29) is 22.9 Å². The number of carbonyl (C=O) groups is 2. The van der Waals surface area contributed by atoms with Crippen LogP contribution in [0.15, 0.2) is 29.2 Å². The second-order valence-corrected chi connectivity index (χ2v) is 9.36. The first-order valence-electron chi connectivity index (χ1n) is 8.53. The first kappa shape index (κ1) is 19.0. The van der Waals surface area contributed by atoms with Gasteiger partial charge in [0.1, 0.15) is 5.82 Å². The van der Waals surface area contributed by atoms with Crippen LogP contribution in [0.2, 0.25) is 0 Å². The van der Waals surface area contributed by atoms with Gasteiger partial charge in [0.05, 0.1) is 10.6 Å². The first-order chi connectivity index (χ1) is 12.3. The lowest BCUT2D eigenvalue weighted by molar-refractivity contribution is -0.116. The molecule has 4 nitrogen and oxygen atoms in total. The van der Waals surface area contributed by atoms with Gasteiger partial charge in [-0.15, -0.1) is 11.8 Å². The number of anilines is 1. The SMILES string of the molecule is CC1(C)CC(=O)c2sc(NC(=O)CCCSc3ccc(F)cc3)nc2C1. The molecule has 1 aliphatic rings. The molecule has 1 aromatic heterocycles. The van der Waals surface area contributed by atoms with Crippen molar-refractivity contribution in [1.29, 1.82) is 0 Å². The van der Waals surface area contributed by atoms with Crippen LogP contribution in [0.4, 0.5) is 9.52 Å². The summed E-state index contributed by atoms with van der Waals surface area (Å²) in [6.45, 7) is 4.12. The summed E-state index contributed by atoms with van der Waals surface area (Å²) in [5.41, 5.74) is 0.732. The minimum atomic E-state index is -0.248. The normalized spacial score (nSPS) is 15.6. The maximum atomic E-state index is 12.9. The van der Waals surface area contributed by atoms with E-state index in [0.717, 1.165) is 22.8 Å². The van der Waals surface area contributed by atoms with Gasteiger partial charge in [0.15, 0.2) is 10.9 Å². The number of ketones is 1. The van der Waals surface area contributed by atoms with Crippen molar-refractivity contribution in [2.24, 2.45) is 5.41 Å². The molecule has 1 aliphatic carbocycles. The standard InChI is InChI=1S/C19H21FN2O2S2/c1-19(2)10-14-17(15(23)11-19)26-18(21-14)22-16(24)4-3-9-25-13-7-5-12(20)6-8-13/h5-8H,3-4,9-11H2,1-2H3,(H,21,22,24). The van der Waals surface area contributed by atoms with Gasteiger partial charge in [-0.1, -0.05) is 25.2 Å². The molecule has 1 heterocycles. The number of amides is 1. The fourth-order valence-electron chi connectivity index (χ4n) is 2.91. The molecule has 3 rings (SSSR count). The number of hydrogen-bond acceptors (Lipinski definition) is 5. The minimum absolute atomic E-state index is 0.0724. The maximum Gasteiger partial charge on any atom is 0.226 e. The zero-order valence-corrected chi connectivity index (χ0v) is 16.4. The highest BCUT2D eigenvalue weighted by molar-refractivity contribution is 7.99. The number of Topliss-reactive ketones (excluding diaryl/α,β-unsaturated/α-hetero) is 1. The number of nitrogens with zero attached hydrogens (tertiary/aromatic N) is 1. The van der Waals surface area contributed by atoms with Crippen molar-refractivity contribution in [3.63, 3.8) is 0 Å². The van der Waals surface area contributed by atoms with Gasteiger partial charge >= 0.3 is 0 Å². The highest BCUT2D eigenvalue weighted by atomic mass is 32.2. The van der Waals surface area contributed by atoms with Gasteiger partial charge in [-0.25, -0.2) is 9.37 Å². The number of nitrogens with one attached hydrogen (secondary N) is 1. The molecule has 2 aromatic rings. The molecule has 0 fully saturated rings. The summed E-state index contributed by atoms with van der Waals surface area (Å²) in [5.74, 6) is 0.550. The van der Waals surface area contributed by atoms with E-state index in [1.54, 1.807) is 23.9 Å². The van der Waals surface area contributed by atoms with E-state index >= 15 is 0 Å². The smallest absolute Gasteiger partial charge is 0.226 e. The Morgan fingerprint density at radius 2 is 2.04 bits per heavy atom. The van der Waals surface area contributed by atoms with Crippen LogP contribution < -0.4 is 5.32 Å². The van der Waals surface area contributed by atoms with E-state index in [9.17, 15) is 14.0 Å². The summed E-state index contributed by atoms with van der Waals surface area (Å²) in [6.07, 6.45) is 2.38. The van der Waals surface area contributed by atoms with Crippen LogP contribution >= 0.6 is 23.1 Å². The Morgan fingerprint density at radius 1 is 1.31 bits per heavy atom. The third kappa shape index (κ3) is 4.92. The third-order valence-electron chi connectivity index (χ3n) is 4.11. The Bertz CT molecular complexity index is 815. The van der Waals surface area contributed by atoms with E-state index in [2.05, 4.69) is 24.1 Å². The van der Waals surface area contributed by atoms with Crippen LogP contribution in [-0.4, -0.2) is 22.4 Å². The van der Waals surface area contributed by atoms with Crippen molar-refractivity contribution in [2.75, 3.05) is 11.1 Å². The van der Waals surface area contributed by atoms with Crippen LogP contribution in [-0.2, 0) is 11.2 Å². The monoisotopic (exact) mass is 392 g/mol. The molecule has 0 aliphatic heterocycles. The van der Waals surface area contributed by atoms with Crippen molar-refractivity contribution in [3.8, 4) is 0 Å². The van der Waals surface area contributed by atoms with Crippen LogP contribution in [0.5, 0.6) is 0 Å². The van der Waals surface area contributed by atoms with Gasteiger partial charge in [0.2, 0.25) is 5.91 Å². The molecule has 1 N–H and O–H groups in total. The van der Waals surface area contributed by atoms with Crippen LogP contribution in [0.25, 0.3) is 0 Å². The van der Waals surface area contributed by atoms with E-state index in [4.69, 9.17) is 0 Å². The van der Waals surface area contributed by atoms with Crippen LogP contribution in [0.3, 0.4) is 0 Å². The molecule has 0 saturated heterocycles. The van der Waals surface area contributed by atoms with Crippen molar-refractivity contribution >= 4 is 39.9 Å². The predicted molar refractivity (Wildman–Crippen MR) is 104 cm³/mol. The van der Waals surface area contributed by atoms with E-state index in [1.165, 1.54) is 23.5 Å². The molecule has 1 aromatic carbocycles. The zero-order valence-electron chi connectivity index (χ0n) is 14.8. The largest absolute Gasteiger partial charge is 0.302 e.